The number of nitrogens with one attached hydrogen (secondary N) is 2. The van der Waals surface area contributed by atoms with Gasteiger partial charge < -0.3 is 20.3 Å². The summed E-state index contributed by atoms with van der Waals surface area (Å²) in [5.74, 6) is -0.141. The number of carbonyl (C=O) groups excluding carboxylic acids is 2. The van der Waals surface area contributed by atoms with Crippen LogP contribution in [-0.2, 0) is 26.1 Å². The monoisotopic (exact) mass is 545 g/mol. The molecular formula is C27H39N5O5S. The number of aromatic nitrogens is 1. The molecule has 0 atom stereocenters. The van der Waals surface area contributed by atoms with Gasteiger partial charge in [0.1, 0.15) is 0 Å². The molecule has 2 aromatic rings. The van der Waals surface area contributed by atoms with Gasteiger partial charge in [0.25, 0.3) is 0 Å². The van der Waals surface area contributed by atoms with E-state index in [-0.39, 0.29) is 16.9 Å². The Morgan fingerprint density at radius 2 is 1.63 bits per heavy atom. The molecule has 2 heterocycles. The van der Waals surface area contributed by atoms with Crippen LogP contribution < -0.4 is 10.6 Å². The van der Waals surface area contributed by atoms with Gasteiger partial charge in [-0.15, -0.1) is 0 Å². The SMILES string of the molecule is COC(=O)CCCCCCCCN1CCN(S(=O)(=O)c2ccc(NC(=O)NCc3cccnc3)cc2)CC1. The molecule has 1 aromatic heterocycles. The van der Waals surface area contributed by atoms with Gasteiger partial charge in [0, 0.05) is 57.2 Å². The summed E-state index contributed by atoms with van der Waals surface area (Å²) in [5.41, 5.74) is 1.40. The average molecular weight is 546 g/mol. The number of ether oxygens (including phenoxy) is 1. The molecule has 1 aliphatic heterocycles. The van der Waals surface area contributed by atoms with E-state index in [1.165, 1.54) is 23.5 Å². The molecule has 1 aliphatic rings. The molecule has 2 amide bonds. The smallest absolute Gasteiger partial charge is 0.319 e. The highest BCUT2D eigenvalue weighted by Crippen LogP contribution is 2.20. The molecule has 0 spiro atoms. The number of benzene rings is 1. The van der Waals surface area contributed by atoms with Crippen LogP contribution in [0.4, 0.5) is 10.5 Å². The van der Waals surface area contributed by atoms with Crippen molar-refractivity contribution < 1.29 is 22.7 Å². The van der Waals surface area contributed by atoms with Crippen molar-refractivity contribution in [1.29, 1.82) is 0 Å². The van der Waals surface area contributed by atoms with Gasteiger partial charge in [-0.05, 0) is 55.3 Å². The zero-order valence-corrected chi connectivity index (χ0v) is 22.9. The van der Waals surface area contributed by atoms with Crippen LogP contribution >= 0.6 is 0 Å². The first-order valence-corrected chi connectivity index (χ1v) is 14.7. The van der Waals surface area contributed by atoms with Crippen molar-refractivity contribution in [2.75, 3.05) is 45.2 Å². The first-order chi connectivity index (χ1) is 18.4. The number of carbonyl (C=O) groups is 2. The first-order valence-electron chi connectivity index (χ1n) is 13.2. The molecule has 0 bridgehead atoms. The van der Waals surface area contributed by atoms with Gasteiger partial charge >= 0.3 is 12.0 Å². The van der Waals surface area contributed by atoms with E-state index in [1.807, 2.05) is 6.07 Å². The summed E-state index contributed by atoms with van der Waals surface area (Å²) in [6.07, 6.45) is 10.3. The lowest BCUT2D eigenvalue weighted by Gasteiger charge is -2.34. The zero-order valence-electron chi connectivity index (χ0n) is 22.1. The molecule has 0 radical (unpaired) electrons. The number of nitrogens with zero attached hydrogens (tertiary/aromatic N) is 3. The van der Waals surface area contributed by atoms with Crippen LogP contribution in [0.5, 0.6) is 0 Å². The predicted molar refractivity (Wildman–Crippen MR) is 146 cm³/mol. The number of piperazine rings is 1. The van der Waals surface area contributed by atoms with Crippen molar-refractivity contribution >= 4 is 27.7 Å². The van der Waals surface area contributed by atoms with Crippen LogP contribution in [0.25, 0.3) is 0 Å². The van der Waals surface area contributed by atoms with E-state index in [0.29, 0.717) is 31.7 Å². The van der Waals surface area contributed by atoms with Crippen molar-refractivity contribution in [3.8, 4) is 0 Å². The van der Waals surface area contributed by atoms with Gasteiger partial charge in [-0.25, -0.2) is 13.2 Å². The summed E-state index contributed by atoms with van der Waals surface area (Å²) in [7, 11) is -2.16. The van der Waals surface area contributed by atoms with E-state index >= 15 is 0 Å². The Kier molecular flexibility index (Phi) is 12.0. The maximum absolute atomic E-state index is 13.1. The molecule has 1 aromatic carbocycles. The van der Waals surface area contributed by atoms with Gasteiger partial charge in [0.2, 0.25) is 10.0 Å². The molecule has 208 valence electrons. The Balaban J connectivity index is 1.34. The Labute approximate surface area is 225 Å². The molecule has 3 rings (SSSR count). The maximum Gasteiger partial charge on any atom is 0.319 e. The summed E-state index contributed by atoms with van der Waals surface area (Å²) in [6.45, 7) is 3.68. The fourth-order valence-electron chi connectivity index (χ4n) is 4.33. The zero-order chi connectivity index (χ0) is 27.2. The minimum atomic E-state index is -3.58. The Morgan fingerprint density at radius 1 is 0.947 bits per heavy atom. The fraction of sp³-hybridized carbons (Fsp3) is 0.519. The van der Waals surface area contributed by atoms with Crippen LogP contribution in [0.3, 0.4) is 0 Å². The van der Waals surface area contributed by atoms with Crippen molar-refractivity contribution in [2.45, 2.75) is 56.4 Å². The number of unbranched alkanes of at least 4 members (excludes halogenated alkanes) is 5. The predicted octanol–water partition coefficient (Wildman–Crippen LogP) is 3.61. The number of hydrogen-bond acceptors (Lipinski definition) is 7. The number of amides is 2. The molecule has 0 aliphatic carbocycles. The number of sulfonamides is 1. The van der Waals surface area contributed by atoms with Crippen LogP contribution in [0.1, 0.15) is 50.5 Å². The van der Waals surface area contributed by atoms with Crippen molar-refractivity contribution in [3.63, 3.8) is 0 Å². The Morgan fingerprint density at radius 3 is 2.29 bits per heavy atom. The van der Waals surface area contributed by atoms with Gasteiger partial charge in [-0.1, -0.05) is 31.7 Å². The van der Waals surface area contributed by atoms with Crippen molar-refractivity contribution in [2.24, 2.45) is 0 Å². The fourth-order valence-corrected chi connectivity index (χ4v) is 5.75. The minimum absolute atomic E-state index is 0.141. The molecule has 10 nitrogen and oxygen atoms in total. The third kappa shape index (κ3) is 9.70. The highest BCUT2D eigenvalue weighted by atomic mass is 32.2. The van der Waals surface area contributed by atoms with Crippen molar-refractivity contribution in [1.82, 2.24) is 19.5 Å². The molecule has 1 saturated heterocycles. The topological polar surface area (TPSA) is 121 Å². The Hall–Kier alpha value is -3.02. The van der Waals surface area contributed by atoms with E-state index in [4.69, 9.17) is 0 Å². The van der Waals surface area contributed by atoms with Crippen LogP contribution in [0.15, 0.2) is 53.7 Å². The van der Waals surface area contributed by atoms with E-state index in [2.05, 4.69) is 25.3 Å². The lowest BCUT2D eigenvalue weighted by atomic mass is 10.1. The summed E-state index contributed by atoms with van der Waals surface area (Å²) >= 11 is 0. The third-order valence-corrected chi connectivity index (χ3v) is 8.50. The average Bonchev–Trinajstić information content (AvgIpc) is 2.94. The van der Waals surface area contributed by atoms with E-state index in [0.717, 1.165) is 63.7 Å². The second-order valence-corrected chi connectivity index (χ2v) is 11.3. The number of anilines is 1. The summed E-state index contributed by atoms with van der Waals surface area (Å²) < 4.78 is 32.4. The molecule has 1 fully saturated rings. The van der Waals surface area contributed by atoms with Crippen LogP contribution in [0.2, 0.25) is 0 Å². The number of rotatable bonds is 14. The molecule has 2 N–H and O–H groups in total. The summed E-state index contributed by atoms with van der Waals surface area (Å²) in [5, 5.41) is 5.46. The number of urea groups is 1. The first kappa shape index (κ1) is 29.5. The van der Waals surface area contributed by atoms with Gasteiger partial charge in [0.05, 0.1) is 12.0 Å². The van der Waals surface area contributed by atoms with E-state index < -0.39 is 10.0 Å². The van der Waals surface area contributed by atoms with E-state index in [1.54, 1.807) is 30.6 Å². The molecule has 0 unspecified atom stereocenters. The standard InChI is InChI=1S/C27H39N5O5S/c1-37-26(33)10-6-4-2-3-5-7-16-31-17-19-32(20-18-31)38(35,36)25-13-11-24(12-14-25)30-27(34)29-22-23-9-8-15-28-21-23/h8-9,11-15,21H,2-7,10,16-20,22H2,1H3,(H2,29,30,34). The molecule has 0 saturated carbocycles. The normalized spacial score (nSPS) is 14.7. The number of methoxy groups -OCH3 is 1. The lowest BCUT2D eigenvalue weighted by molar-refractivity contribution is -0.140. The van der Waals surface area contributed by atoms with Gasteiger partial charge in [-0.3, -0.25) is 9.78 Å². The second kappa shape index (κ2) is 15.4. The van der Waals surface area contributed by atoms with E-state index in [9.17, 15) is 18.0 Å². The largest absolute Gasteiger partial charge is 0.469 e. The molecule has 38 heavy (non-hydrogen) atoms. The van der Waals surface area contributed by atoms with Gasteiger partial charge in [-0.2, -0.15) is 4.31 Å². The molecular weight excluding hydrogens is 506 g/mol. The summed E-state index contributed by atoms with van der Waals surface area (Å²) in [6, 6.07) is 9.55. The quantitative estimate of drug-likeness (QED) is 0.275. The second-order valence-electron chi connectivity index (χ2n) is 9.39. The van der Waals surface area contributed by atoms with Crippen molar-refractivity contribution in [3.05, 3.63) is 54.4 Å². The Bertz CT molecular complexity index is 1100. The number of hydrogen-bond donors (Lipinski definition) is 2. The number of esters is 1. The number of pyridine rings is 1. The van der Waals surface area contributed by atoms with Crippen LogP contribution in [-0.4, -0.2) is 74.4 Å². The highest BCUT2D eigenvalue weighted by Gasteiger charge is 2.28. The molecule has 11 heteroatoms. The summed E-state index contributed by atoms with van der Waals surface area (Å²) in [4.78, 5) is 29.8. The van der Waals surface area contributed by atoms with Crippen LogP contribution in [0, 0.1) is 0 Å². The maximum atomic E-state index is 13.1. The van der Waals surface area contributed by atoms with Gasteiger partial charge in [0.15, 0.2) is 0 Å². The minimum Gasteiger partial charge on any atom is -0.469 e. The third-order valence-electron chi connectivity index (χ3n) is 6.59. The highest BCUT2D eigenvalue weighted by molar-refractivity contribution is 7.89. The lowest BCUT2D eigenvalue weighted by Crippen LogP contribution is -2.48.